The fourth-order valence-corrected chi connectivity index (χ4v) is 13.0. The van der Waals surface area contributed by atoms with Crippen molar-refractivity contribution < 1.29 is 43.2 Å². The maximum atomic E-state index is 13.7. The number of hydrogen-bond acceptors (Lipinski definition) is 9. The smallest absolute Gasteiger partial charge is 0.323 e. The van der Waals surface area contributed by atoms with Crippen LogP contribution in [-0.4, -0.2) is 74.2 Å². The number of benzene rings is 1. The van der Waals surface area contributed by atoms with Crippen molar-refractivity contribution in [1.82, 2.24) is 5.32 Å². The van der Waals surface area contributed by atoms with E-state index in [0.29, 0.717) is 69.2 Å². The van der Waals surface area contributed by atoms with E-state index in [1.165, 1.54) is 12.5 Å². The van der Waals surface area contributed by atoms with Gasteiger partial charge in [-0.3, -0.25) is 14.4 Å². The van der Waals surface area contributed by atoms with E-state index in [0.717, 1.165) is 25.7 Å². The van der Waals surface area contributed by atoms with Gasteiger partial charge in [0.1, 0.15) is 24.0 Å². The summed E-state index contributed by atoms with van der Waals surface area (Å²) in [7, 11) is 1.58. The Bertz CT molecular complexity index is 1750. The topological polar surface area (TPSA) is 176 Å². The summed E-state index contributed by atoms with van der Waals surface area (Å²) in [5, 5.41) is 16.6. The first-order valence-electron chi connectivity index (χ1n) is 21.6. The van der Waals surface area contributed by atoms with Gasteiger partial charge in [0.25, 0.3) is 0 Å². The summed E-state index contributed by atoms with van der Waals surface area (Å²) in [5.74, 6) is -0.591. The number of amides is 2. The third kappa shape index (κ3) is 7.43. The third-order valence-corrected chi connectivity index (χ3v) is 16.5. The predicted molar refractivity (Wildman–Crippen MR) is 221 cm³/mol. The van der Waals surface area contributed by atoms with E-state index >= 15 is 0 Å². The van der Waals surface area contributed by atoms with Crippen LogP contribution in [-0.2, 0) is 28.6 Å². The lowest BCUT2D eigenvalue weighted by atomic mass is 9.34. The molecule has 2 bridgehead atoms. The Morgan fingerprint density at radius 3 is 2.31 bits per heavy atom. The lowest BCUT2D eigenvalue weighted by Gasteiger charge is -2.71. The number of allylic oxidation sites excluding steroid dienone is 1. The quantitative estimate of drug-likeness (QED) is 0.0877. The molecule has 3 saturated carbocycles. The average Bonchev–Trinajstić information content (AvgIpc) is 3.16. The molecule has 58 heavy (non-hydrogen) atoms. The number of rotatable bonds is 13. The average molecular weight is 808 g/mol. The van der Waals surface area contributed by atoms with Gasteiger partial charge in [0, 0.05) is 30.0 Å². The normalized spacial score (nSPS) is 37.4. The van der Waals surface area contributed by atoms with Gasteiger partial charge in [-0.2, -0.15) is 0 Å². The van der Waals surface area contributed by atoms with E-state index in [-0.39, 0.29) is 34.6 Å². The summed E-state index contributed by atoms with van der Waals surface area (Å²) < 4.78 is 24.1. The predicted octanol–water partition coefficient (Wildman–Crippen LogP) is 7.75. The summed E-state index contributed by atoms with van der Waals surface area (Å²) in [5.41, 5.74) is 6.27. The van der Waals surface area contributed by atoms with Gasteiger partial charge >= 0.3 is 23.9 Å². The van der Waals surface area contributed by atoms with Gasteiger partial charge < -0.3 is 40.4 Å². The van der Waals surface area contributed by atoms with E-state index in [1.54, 1.807) is 31.4 Å². The molecule has 1 heterocycles. The number of nitrogens with two attached hydrogens (primary N) is 1. The molecule has 1 saturated heterocycles. The van der Waals surface area contributed by atoms with Crippen molar-refractivity contribution in [3.8, 4) is 5.75 Å². The van der Waals surface area contributed by atoms with E-state index in [1.807, 2.05) is 0 Å². The molecule has 5 N–H and O–H groups in total. The van der Waals surface area contributed by atoms with Crippen LogP contribution >= 0.6 is 0 Å². The van der Waals surface area contributed by atoms with Crippen molar-refractivity contribution in [2.75, 3.05) is 32.2 Å². The number of urea groups is 1. The van der Waals surface area contributed by atoms with Crippen LogP contribution in [0.4, 0.5) is 10.5 Å². The molecular weight excluding hydrogens is 739 g/mol. The maximum Gasteiger partial charge on any atom is 0.323 e. The highest BCUT2D eigenvalue weighted by atomic mass is 16.6. The molecular formula is C46H69N3O9. The first-order valence-corrected chi connectivity index (χ1v) is 21.6. The second-order valence-electron chi connectivity index (χ2n) is 19.8. The number of hydrogen-bond donors (Lipinski definition) is 4. The zero-order valence-corrected chi connectivity index (χ0v) is 36.3. The summed E-state index contributed by atoms with van der Waals surface area (Å²) in [6, 6.07) is 5.82. The molecule has 1 unspecified atom stereocenters. The monoisotopic (exact) mass is 808 g/mol. The van der Waals surface area contributed by atoms with Crippen LogP contribution < -0.4 is 21.1 Å². The van der Waals surface area contributed by atoms with Gasteiger partial charge in [0.15, 0.2) is 0 Å². The van der Waals surface area contributed by atoms with Crippen molar-refractivity contribution in [1.29, 1.82) is 0 Å². The molecule has 12 atom stereocenters. The number of fused-ring (bicyclic) bond motifs is 3. The minimum atomic E-state index is -0.891. The minimum Gasteiger partial charge on any atom is -0.497 e. The fourth-order valence-electron chi connectivity index (χ4n) is 13.0. The summed E-state index contributed by atoms with van der Waals surface area (Å²) in [6.45, 7) is 18.2. The number of ether oxygens (including phenoxy) is 4. The molecule has 4 fully saturated rings. The van der Waals surface area contributed by atoms with E-state index in [9.17, 15) is 24.3 Å². The maximum absolute atomic E-state index is 13.7. The largest absolute Gasteiger partial charge is 0.497 e. The molecule has 1 aromatic rings. The van der Waals surface area contributed by atoms with Gasteiger partial charge in [0.2, 0.25) is 0 Å². The van der Waals surface area contributed by atoms with Crippen LogP contribution in [0.2, 0.25) is 0 Å². The Balaban J connectivity index is 1.16. The van der Waals surface area contributed by atoms with Crippen molar-refractivity contribution >= 4 is 29.6 Å². The van der Waals surface area contributed by atoms with E-state index in [4.69, 9.17) is 24.7 Å². The number of carbonyl (C=O) groups excluding carboxylic acids is 3. The zero-order chi connectivity index (χ0) is 42.4. The molecule has 12 nitrogen and oxygen atoms in total. The number of carbonyl (C=O) groups is 4. The Labute approximate surface area is 345 Å². The SMILES string of the molecule is COc1ccc(NC(=O)NCCCCC(N)C(=O)O[C@H]2[C@H](OC(C)=O)C[C@@]34COC[C@]2(C)[C@@H]3CC[C@H]2C4=CC[C@@]3(C)[C@H](C(=O)O)[C@@](C)([C@H](C)C(C)C)CC[C@]23C)cc1. The molecule has 0 spiro atoms. The Kier molecular flexibility index (Phi) is 12.4. The highest BCUT2D eigenvalue weighted by Gasteiger charge is 2.72. The second-order valence-corrected chi connectivity index (χ2v) is 19.8. The highest BCUT2D eigenvalue weighted by Crippen LogP contribution is 2.75. The number of carboxylic acid groups (broad SMARTS) is 1. The van der Waals surface area contributed by atoms with Crippen LogP contribution in [0.3, 0.4) is 0 Å². The Hall–Kier alpha value is -3.64. The molecule has 4 aliphatic carbocycles. The lowest BCUT2D eigenvalue weighted by Crippen LogP contribution is -2.70. The van der Waals surface area contributed by atoms with Crippen molar-refractivity contribution in [2.24, 2.45) is 62.4 Å². The number of aliphatic carboxylic acids is 1. The summed E-state index contributed by atoms with van der Waals surface area (Å²) in [4.78, 5) is 52.3. The number of carboxylic acids is 1. The molecule has 0 aromatic heterocycles. The lowest BCUT2D eigenvalue weighted by molar-refractivity contribution is -0.263. The van der Waals surface area contributed by atoms with Gasteiger partial charge in [-0.25, -0.2) is 4.79 Å². The number of nitrogens with one attached hydrogen (secondary N) is 2. The molecule has 2 amide bonds. The van der Waals surface area contributed by atoms with Gasteiger partial charge in [-0.15, -0.1) is 0 Å². The molecule has 1 aliphatic heterocycles. The van der Waals surface area contributed by atoms with E-state index in [2.05, 4.69) is 65.2 Å². The van der Waals surface area contributed by atoms with Crippen LogP contribution in [0, 0.1) is 56.7 Å². The summed E-state index contributed by atoms with van der Waals surface area (Å²) >= 11 is 0. The minimum absolute atomic E-state index is 0.102. The first kappa shape index (κ1) is 43.9. The molecule has 322 valence electrons. The van der Waals surface area contributed by atoms with Gasteiger partial charge in [-0.1, -0.05) is 60.1 Å². The van der Waals surface area contributed by atoms with E-state index < -0.39 is 58.3 Å². The number of methoxy groups -OCH3 is 1. The van der Waals surface area contributed by atoms with Crippen LogP contribution in [0.15, 0.2) is 35.9 Å². The highest BCUT2D eigenvalue weighted by molar-refractivity contribution is 5.89. The van der Waals surface area contributed by atoms with Crippen LogP contribution in [0.5, 0.6) is 5.75 Å². The van der Waals surface area contributed by atoms with Gasteiger partial charge in [-0.05, 0) is 122 Å². The number of esters is 2. The fraction of sp³-hybridized carbons (Fsp3) is 0.739. The number of unbranched alkanes of at least 4 members (excludes halogenated alkanes) is 1. The Morgan fingerprint density at radius 2 is 1.67 bits per heavy atom. The zero-order valence-electron chi connectivity index (χ0n) is 36.3. The number of anilines is 1. The standard InChI is InChI=1S/C46H69N3O9/c1-27(2)28(3)42(5)21-22-44(7)32-17-18-36-43(6)25-56-26-46(36,33(32)19-20-45(44,8)37(42)39(51)52)24-35(57-29(4)50)38(43)58-40(53)34(47)12-10-11-23-48-41(54)49-30-13-15-31(55-9)16-14-30/h13-16,19,27-28,32,34-38H,10-12,17-18,20-26,47H2,1-9H3,(H,51,52)(H2,48,49,54)/t28-,32+,34?,35-,36+,37-,38+,42-,43-,44-,45+,46+/m1/s1. The van der Waals surface area contributed by atoms with Crippen LogP contribution in [0.25, 0.3) is 0 Å². The van der Waals surface area contributed by atoms with Gasteiger partial charge in [0.05, 0.1) is 26.2 Å². The molecule has 6 rings (SSSR count). The van der Waals surface area contributed by atoms with Crippen molar-refractivity contribution in [3.05, 3.63) is 35.9 Å². The third-order valence-electron chi connectivity index (χ3n) is 16.5. The Morgan fingerprint density at radius 1 is 0.966 bits per heavy atom. The molecule has 5 aliphatic rings. The van der Waals surface area contributed by atoms with Crippen molar-refractivity contribution in [3.63, 3.8) is 0 Å². The molecule has 0 radical (unpaired) electrons. The summed E-state index contributed by atoms with van der Waals surface area (Å²) in [6.07, 6.45) is 7.20. The first-order chi connectivity index (χ1) is 27.3. The van der Waals surface area contributed by atoms with Crippen molar-refractivity contribution in [2.45, 2.75) is 131 Å². The molecule has 1 aromatic carbocycles. The molecule has 12 heteroatoms. The second kappa shape index (κ2) is 16.4. The van der Waals surface area contributed by atoms with Crippen LogP contribution in [0.1, 0.15) is 113 Å².